The van der Waals surface area contributed by atoms with E-state index in [2.05, 4.69) is 17.0 Å². The van der Waals surface area contributed by atoms with Crippen molar-refractivity contribution >= 4 is 21.6 Å². The summed E-state index contributed by atoms with van der Waals surface area (Å²) in [5.41, 5.74) is 0.623. The number of benzene rings is 1. The summed E-state index contributed by atoms with van der Waals surface area (Å²) in [4.78, 5) is 14.6. The number of anilines is 1. The Morgan fingerprint density at radius 1 is 1.33 bits per heavy atom. The second-order valence-electron chi connectivity index (χ2n) is 7.14. The van der Waals surface area contributed by atoms with Gasteiger partial charge >= 0.3 is 0 Å². The Morgan fingerprint density at radius 2 is 2.04 bits per heavy atom. The summed E-state index contributed by atoms with van der Waals surface area (Å²) in [6, 6.07) is 4.78. The number of ether oxygens (including phenoxy) is 2. The first-order valence-electron chi connectivity index (χ1n) is 8.87. The molecule has 1 aromatic rings. The van der Waals surface area contributed by atoms with Gasteiger partial charge in [-0.2, -0.15) is 0 Å². The third-order valence-corrected chi connectivity index (χ3v) is 5.13. The van der Waals surface area contributed by atoms with Gasteiger partial charge in [0.2, 0.25) is 10.0 Å². The van der Waals surface area contributed by atoms with Crippen LogP contribution in [-0.2, 0) is 14.8 Å². The lowest BCUT2D eigenvalue weighted by Gasteiger charge is -2.30. The van der Waals surface area contributed by atoms with E-state index in [9.17, 15) is 13.2 Å². The molecule has 0 saturated carbocycles. The van der Waals surface area contributed by atoms with E-state index < -0.39 is 10.0 Å². The molecular weight excluding hydrogens is 370 g/mol. The molecule has 0 aliphatic carbocycles. The summed E-state index contributed by atoms with van der Waals surface area (Å²) in [7, 11) is -0.113. The van der Waals surface area contributed by atoms with Crippen molar-refractivity contribution in [2.24, 2.45) is 5.92 Å². The number of hydrogen-bond donors (Lipinski definition) is 2. The first-order chi connectivity index (χ1) is 12.6. The molecule has 0 aromatic heterocycles. The molecule has 3 atom stereocenters. The van der Waals surface area contributed by atoms with Crippen molar-refractivity contribution in [3.63, 3.8) is 0 Å². The number of fused-ring (bicyclic) bond motifs is 1. The molecule has 2 N–H and O–H groups in total. The van der Waals surface area contributed by atoms with Gasteiger partial charge in [-0.05, 0) is 31.0 Å². The summed E-state index contributed by atoms with van der Waals surface area (Å²) in [6.45, 7) is 5.62. The predicted octanol–water partition coefficient (Wildman–Crippen LogP) is 1.15. The predicted molar refractivity (Wildman–Crippen MR) is 105 cm³/mol. The average Bonchev–Trinajstić information content (AvgIpc) is 2.60. The van der Waals surface area contributed by atoms with Crippen molar-refractivity contribution in [3.8, 4) is 5.75 Å². The van der Waals surface area contributed by atoms with Crippen LogP contribution in [0.4, 0.5) is 5.69 Å². The van der Waals surface area contributed by atoms with Gasteiger partial charge in [0.05, 0.1) is 17.9 Å². The number of nitrogens with zero attached hydrogens (tertiary/aromatic N) is 1. The molecule has 1 aromatic carbocycles. The van der Waals surface area contributed by atoms with Crippen LogP contribution in [0.5, 0.6) is 5.75 Å². The highest BCUT2D eigenvalue weighted by atomic mass is 32.2. The zero-order valence-corrected chi connectivity index (χ0v) is 17.3. The number of methoxy groups -OCH3 is 1. The summed E-state index contributed by atoms with van der Waals surface area (Å²) in [6.07, 6.45) is 0.939. The van der Waals surface area contributed by atoms with Crippen LogP contribution in [0.2, 0.25) is 0 Å². The van der Waals surface area contributed by atoms with Gasteiger partial charge < -0.3 is 19.7 Å². The molecule has 152 valence electrons. The minimum Gasteiger partial charge on any atom is -0.491 e. The van der Waals surface area contributed by atoms with Crippen molar-refractivity contribution in [3.05, 3.63) is 23.8 Å². The van der Waals surface area contributed by atoms with E-state index in [1.807, 2.05) is 6.92 Å². The quantitative estimate of drug-likeness (QED) is 0.792. The number of nitrogens with one attached hydrogen (secondary N) is 2. The van der Waals surface area contributed by atoms with Crippen LogP contribution >= 0.6 is 0 Å². The standard InChI is InChI=1S/C18H29N3O5S/c1-12-9-19-13(2)11-26-16-7-6-14(20-27(5,23)24)8-15(16)18(22)21(3)10-17(12)25-4/h6-8,12-13,17,19-20H,9-11H2,1-5H3/t12-,13-,17-/m1/s1. The maximum Gasteiger partial charge on any atom is 0.257 e. The fourth-order valence-corrected chi connectivity index (χ4v) is 3.49. The van der Waals surface area contributed by atoms with Crippen LogP contribution in [0, 0.1) is 5.92 Å². The van der Waals surface area contributed by atoms with Gasteiger partial charge in [0.1, 0.15) is 12.4 Å². The monoisotopic (exact) mass is 399 g/mol. The van der Waals surface area contributed by atoms with Crippen LogP contribution in [0.15, 0.2) is 18.2 Å². The normalized spacial score (nSPS) is 25.0. The number of amides is 1. The van der Waals surface area contributed by atoms with Crippen molar-refractivity contribution in [2.45, 2.75) is 26.0 Å². The van der Waals surface area contributed by atoms with Gasteiger partial charge in [-0.15, -0.1) is 0 Å². The smallest absolute Gasteiger partial charge is 0.257 e. The van der Waals surface area contributed by atoms with E-state index in [0.717, 1.165) is 12.8 Å². The van der Waals surface area contributed by atoms with E-state index >= 15 is 0 Å². The highest BCUT2D eigenvalue weighted by Gasteiger charge is 2.25. The zero-order chi connectivity index (χ0) is 20.2. The molecule has 0 fully saturated rings. The first kappa shape index (κ1) is 21.5. The van der Waals surface area contributed by atoms with E-state index in [-0.39, 0.29) is 24.0 Å². The molecule has 8 nitrogen and oxygen atoms in total. The van der Waals surface area contributed by atoms with Crippen LogP contribution in [0.25, 0.3) is 0 Å². The van der Waals surface area contributed by atoms with Gasteiger partial charge in [0.15, 0.2) is 0 Å². The maximum absolute atomic E-state index is 13.0. The molecule has 27 heavy (non-hydrogen) atoms. The van der Waals surface area contributed by atoms with Crippen LogP contribution in [-0.4, -0.2) is 71.5 Å². The van der Waals surface area contributed by atoms with Crippen molar-refractivity contribution < 1.29 is 22.7 Å². The highest BCUT2D eigenvalue weighted by molar-refractivity contribution is 7.92. The lowest BCUT2D eigenvalue weighted by molar-refractivity contribution is 0.0281. The van der Waals surface area contributed by atoms with Crippen molar-refractivity contribution in [1.82, 2.24) is 10.2 Å². The Morgan fingerprint density at radius 3 is 2.67 bits per heavy atom. The molecule has 9 heteroatoms. The average molecular weight is 400 g/mol. The van der Waals surface area contributed by atoms with E-state index in [4.69, 9.17) is 9.47 Å². The highest BCUT2D eigenvalue weighted by Crippen LogP contribution is 2.26. The SMILES string of the molecule is CO[C@@H]1CN(C)C(=O)c2cc(NS(C)(=O)=O)ccc2OC[C@@H](C)NC[C@H]1C. The number of carbonyl (C=O) groups is 1. The number of rotatable bonds is 3. The van der Waals surface area contributed by atoms with Gasteiger partial charge in [0.25, 0.3) is 5.91 Å². The minimum atomic E-state index is -3.45. The Hall–Kier alpha value is -1.84. The van der Waals surface area contributed by atoms with Crippen LogP contribution in [0.3, 0.4) is 0 Å². The lowest BCUT2D eigenvalue weighted by Crippen LogP contribution is -2.44. The first-order valence-corrected chi connectivity index (χ1v) is 10.8. The molecule has 0 unspecified atom stereocenters. The van der Waals surface area contributed by atoms with E-state index in [1.165, 1.54) is 6.07 Å². The molecule has 1 aliphatic heterocycles. The summed E-state index contributed by atoms with van der Waals surface area (Å²) in [5, 5.41) is 3.41. The molecule has 1 amide bonds. The largest absolute Gasteiger partial charge is 0.491 e. The molecule has 0 bridgehead atoms. The fourth-order valence-electron chi connectivity index (χ4n) is 2.94. The Labute approximate surface area is 161 Å². The number of carbonyl (C=O) groups excluding carboxylic acids is 1. The van der Waals surface area contributed by atoms with Gasteiger partial charge in [0, 0.05) is 39.0 Å². The number of likely N-dealkylation sites (N-methyl/N-ethyl adjacent to an activating group) is 1. The summed E-state index contributed by atoms with van der Waals surface area (Å²) in [5.74, 6) is 0.365. The third-order valence-electron chi connectivity index (χ3n) is 4.53. The third kappa shape index (κ3) is 6.08. The molecule has 0 radical (unpaired) electrons. The van der Waals surface area contributed by atoms with E-state index in [0.29, 0.717) is 30.2 Å². The maximum atomic E-state index is 13.0. The zero-order valence-electron chi connectivity index (χ0n) is 16.5. The van der Waals surface area contributed by atoms with Gasteiger partial charge in [-0.3, -0.25) is 9.52 Å². The Balaban J connectivity index is 2.40. The molecule has 1 aliphatic rings. The topological polar surface area (TPSA) is 97.0 Å². The van der Waals surface area contributed by atoms with Gasteiger partial charge in [-0.25, -0.2) is 8.42 Å². The van der Waals surface area contributed by atoms with E-state index in [1.54, 1.807) is 31.2 Å². The van der Waals surface area contributed by atoms with Crippen LogP contribution in [0.1, 0.15) is 24.2 Å². The second-order valence-corrected chi connectivity index (χ2v) is 8.89. The molecule has 0 saturated heterocycles. The summed E-state index contributed by atoms with van der Waals surface area (Å²) < 4.78 is 36.9. The fraction of sp³-hybridized carbons (Fsp3) is 0.611. The number of sulfonamides is 1. The van der Waals surface area contributed by atoms with Crippen LogP contribution < -0.4 is 14.8 Å². The molecule has 2 rings (SSSR count). The van der Waals surface area contributed by atoms with Crippen molar-refractivity contribution in [1.29, 1.82) is 0 Å². The molecular formula is C18H29N3O5S. The lowest BCUT2D eigenvalue weighted by atomic mass is 10.0. The van der Waals surface area contributed by atoms with Crippen molar-refractivity contribution in [2.75, 3.05) is 44.8 Å². The molecule has 0 spiro atoms. The number of hydrogen-bond acceptors (Lipinski definition) is 6. The minimum absolute atomic E-state index is 0.0823. The molecule has 1 heterocycles. The van der Waals surface area contributed by atoms with Gasteiger partial charge in [-0.1, -0.05) is 6.92 Å². The summed E-state index contributed by atoms with van der Waals surface area (Å²) >= 11 is 0. The Kier molecular flexibility index (Phi) is 7.07. The second kappa shape index (κ2) is 8.90. The Bertz CT molecular complexity index is 768.